The Morgan fingerprint density at radius 3 is 2.42 bits per heavy atom. The van der Waals surface area contributed by atoms with Gasteiger partial charge in [0.2, 0.25) is 11.8 Å². The molecule has 1 aromatic carbocycles. The third-order valence-electron chi connectivity index (χ3n) is 3.98. The minimum absolute atomic E-state index is 0.0243. The van der Waals surface area contributed by atoms with Gasteiger partial charge < -0.3 is 15.4 Å². The van der Waals surface area contributed by atoms with Crippen molar-refractivity contribution in [3.63, 3.8) is 0 Å². The largest absolute Gasteiger partial charge is 0.497 e. The highest BCUT2D eigenvalue weighted by Gasteiger charge is 2.23. The number of aromatic nitrogens is 1. The minimum atomic E-state index is -0.586. The first kappa shape index (κ1) is 19.4. The van der Waals surface area contributed by atoms with Crippen LogP contribution in [0.1, 0.15) is 25.0 Å². The van der Waals surface area contributed by atoms with E-state index in [0.29, 0.717) is 6.54 Å². The molecule has 1 atom stereocenters. The Labute approximate surface area is 154 Å². The number of methoxy groups -OCH3 is 1. The zero-order valence-electron chi connectivity index (χ0n) is 15.4. The van der Waals surface area contributed by atoms with Crippen LogP contribution in [0.4, 0.5) is 0 Å². The molecule has 1 aromatic heterocycles. The average molecular weight is 355 g/mol. The van der Waals surface area contributed by atoms with Gasteiger partial charge in [0.05, 0.1) is 13.5 Å². The predicted octanol–water partition coefficient (Wildman–Crippen LogP) is 2.09. The second-order valence-corrected chi connectivity index (χ2v) is 6.39. The number of hydrogen-bond acceptors (Lipinski definition) is 4. The molecule has 138 valence electrons. The molecule has 2 N–H and O–H groups in total. The quantitative estimate of drug-likeness (QED) is 0.760. The van der Waals surface area contributed by atoms with Crippen molar-refractivity contribution in [1.82, 2.24) is 15.6 Å². The van der Waals surface area contributed by atoms with Crippen LogP contribution < -0.4 is 15.4 Å². The molecule has 1 heterocycles. The van der Waals surface area contributed by atoms with Crippen molar-refractivity contribution < 1.29 is 14.3 Å². The summed E-state index contributed by atoms with van der Waals surface area (Å²) in [5.74, 6) is 0.324. The van der Waals surface area contributed by atoms with Gasteiger partial charge in [-0.25, -0.2) is 0 Å². The SMILES string of the molecule is COc1ccc(CC(=O)N[C@H](C(=O)NCc2cccnc2)C(C)C)cc1. The maximum atomic E-state index is 12.5. The molecule has 0 saturated carbocycles. The summed E-state index contributed by atoms with van der Waals surface area (Å²) >= 11 is 0. The fourth-order valence-corrected chi connectivity index (χ4v) is 2.49. The van der Waals surface area contributed by atoms with E-state index in [9.17, 15) is 9.59 Å². The summed E-state index contributed by atoms with van der Waals surface area (Å²) in [5.41, 5.74) is 1.77. The van der Waals surface area contributed by atoms with Crippen molar-refractivity contribution in [2.75, 3.05) is 7.11 Å². The molecule has 0 aliphatic carbocycles. The summed E-state index contributed by atoms with van der Waals surface area (Å²) in [6.07, 6.45) is 3.59. The molecule has 0 saturated heterocycles. The number of amides is 2. The lowest BCUT2D eigenvalue weighted by Gasteiger charge is -2.22. The maximum absolute atomic E-state index is 12.5. The minimum Gasteiger partial charge on any atom is -0.497 e. The van der Waals surface area contributed by atoms with Gasteiger partial charge in [0.1, 0.15) is 11.8 Å². The molecular weight excluding hydrogens is 330 g/mol. The second kappa shape index (κ2) is 9.56. The number of carbonyl (C=O) groups is 2. The Balaban J connectivity index is 1.91. The van der Waals surface area contributed by atoms with E-state index in [2.05, 4.69) is 15.6 Å². The molecule has 0 fully saturated rings. The van der Waals surface area contributed by atoms with E-state index in [4.69, 9.17) is 4.74 Å². The standard InChI is InChI=1S/C20H25N3O3/c1-14(2)19(20(25)22-13-16-5-4-10-21-12-16)23-18(24)11-15-6-8-17(26-3)9-7-15/h4-10,12,14,19H,11,13H2,1-3H3,(H,22,25)(H,23,24)/t19-/m0/s1. The Kier molecular flexibility index (Phi) is 7.14. The van der Waals surface area contributed by atoms with Crippen molar-refractivity contribution in [3.05, 3.63) is 59.9 Å². The van der Waals surface area contributed by atoms with E-state index in [-0.39, 0.29) is 24.2 Å². The van der Waals surface area contributed by atoms with Crippen molar-refractivity contribution in [2.24, 2.45) is 5.92 Å². The Hall–Kier alpha value is -2.89. The molecule has 0 bridgehead atoms. The van der Waals surface area contributed by atoms with Crippen LogP contribution >= 0.6 is 0 Å². The summed E-state index contributed by atoms with van der Waals surface area (Å²) in [4.78, 5) is 28.8. The number of ether oxygens (including phenoxy) is 1. The summed E-state index contributed by atoms with van der Waals surface area (Å²) in [6, 6.07) is 10.4. The van der Waals surface area contributed by atoms with E-state index < -0.39 is 6.04 Å². The van der Waals surface area contributed by atoms with Gasteiger partial charge in [-0.1, -0.05) is 32.0 Å². The molecule has 6 nitrogen and oxygen atoms in total. The lowest BCUT2D eigenvalue weighted by atomic mass is 10.0. The van der Waals surface area contributed by atoms with Crippen LogP contribution in [0.5, 0.6) is 5.75 Å². The number of hydrogen-bond donors (Lipinski definition) is 2. The molecule has 0 aliphatic heterocycles. The number of nitrogens with zero attached hydrogens (tertiary/aromatic N) is 1. The molecule has 0 spiro atoms. The van der Waals surface area contributed by atoms with Crippen LogP contribution in [0.15, 0.2) is 48.8 Å². The maximum Gasteiger partial charge on any atom is 0.243 e. The number of nitrogens with one attached hydrogen (secondary N) is 2. The highest BCUT2D eigenvalue weighted by molar-refractivity contribution is 5.88. The molecule has 0 radical (unpaired) electrons. The molecule has 26 heavy (non-hydrogen) atoms. The molecule has 2 amide bonds. The molecular formula is C20H25N3O3. The summed E-state index contributed by atoms with van der Waals surface area (Å²) < 4.78 is 5.11. The average Bonchev–Trinajstić information content (AvgIpc) is 2.65. The number of carbonyl (C=O) groups excluding carboxylic acids is 2. The van der Waals surface area contributed by atoms with Gasteiger partial charge in [-0.15, -0.1) is 0 Å². The number of benzene rings is 1. The molecule has 0 aliphatic rings. The van der Waals surface area contributed by atoms with Gasteiger partial charge in [-0.2, -0.15) is 0 Å². The number of rotatable bonds is 8. The van der Waals surface area contributed by atoms with Gasteiger partial charge in [-0.05, 0) is 35.2 Å². The first-order valence-corrected chi connectivity index (χ1v) is 8.58. The first-order chi connectivity index (χ1) is 12.5. The Morgan fingerprint density at radius 2 is 1.85 bits per heavy atom. The van der Waals surface area contributed by atoms with Gasteiger partial charge in [-0.3, -0.25) is 14.6 Å². The Bertz CT molecular complexity index is 715. The van der Waals surface area contributed by atoms with Crippen molar-refractivity contribution in [2.45, 2.75) is 32.9 Å². The predicted molar refractivity (Wildman–Crippen MR) is 99.6 cm³/mol. The van der Waals surface area contributed by atoms with Gasteiger partial charge in [0, 0.05) is 18.9 Å². The van der Waals surface area contributed by atoms with Crippen LogP contribution in [0.25, 0.3) is 0 Å². The second-order valence-electron chi connectivity index (χ2n) is 6.39. The topological polar surface area (TPSA) is 80.3 Å². The monoisotopic (exact) mass is 355 g/mol. The van der Waals surface area contributed by atoms with Crippen molar-refractivity contribution >= 4 is 11.8 Å². The zero-order valence-corrected chi connectivity index (χ0v) is 15.4. The van der Waals surface area contributed by atoms with E-state index in [1.807, 2.05) is 50.2 Å². The summed E-state index contributed by atoms with van der Waals surface area (Å²) in [6.45, 7) is 4.19. The molecule has 0 unspecified atom stereocenters. The molecule has 6 heteroatoms. The normalized spacial score (nSPS) is 11.7. The van der Waals surface area contributed by atoms with E-state index in [1.54, 1.807) is 19.5 Å². The summed E-state index contributed by atoms with van der Waals surface area (Å²) in [7, 11) is 1.60. The van der Waals surface area contributed by atoms with Gasteiger partial charge in [0.25, 0.3) is 0 Å². The van der Waals surface area contributed by atoms with Crippen LogP contribution in [0, 0.1) is 5.92 Å². The fourth-order valence-electron chi connectivity index (χ4n) is 2.49. The fraction of sp³-hybridized carbons (Fsp3) is 0.350. The highest BCUT2D eigenvalue weighted by atomic mass is 16.5. The third kappa shape index (κ3) is 5.88. The summed E-state index contributed by atoms with van der Waals surface area (Å²) in [5, 5.41) is 5.69. The van der Waals surface area contributed by atoms with Gasteiger partial charge in [0.15, 0.2) is 0 Å². The Morgan fingerprint density at radius 1 is 1.12 bits per heavy atom. The lowest BCUT2D eigenvalue weighted by molar-refractivity contribution is -0.129. The van der Waals surface area contributed by atoms with Gasteiger partial charge >= 0.3 is 0 Å². The lowest BCUT2D eigenvalue weighted by Crippen LogP contribution is -2.49. The smallest absolute Gasteiger partial charge is 0.243 e. The highest BCUT2D eigenvalue weighted by Crippen LogP contribution is 2.12. The first-order valence-electron chi connectivity index (χ1n) is 8.58. The van der Waals surface area contributed by atoms with E-state index in [1.165, 1.54) is 0 Å². The number of pyridine rings is 1. The van der Waals surface area contributed by atoms with Crippen LogP contribution in [0.3, 0.4) is 0 Å². The van der Waals surface area contributed by atoms with Crippen LogP contribution in [0.2, 0.25) is 0 Å². The van der Waals surface area contributed by atoms with Crippen LogP contribution in [-0.4, -0.2) is 29.9 Å². The van der Waals surface area contributed by atoms with Crippen molar-refractivity contribution in [3.8, 4) is 5.75 Å². The van der Waals surface area contributed by atoms with E-state index >= 15 is 0 Å². The van der Waals surface area contributed by atoms with Crippen molar-refractivity contribution in [1.29, 1.82) is 0 Å². The van der Waals surface area contributed by atoms with E-state index in [0.717, 1.165) is 16.9 Å². The molecule has 2 rings (SSSR count). The molecule has 2 aromatic rings. The zero-order chi connectivity index (χ0) is 18.9. The third-order valence-corrected chi connectivity index (χ3v) is 3.98. The van der Waals surface area contributed by atoms with Crippen LogP contribution in [-0.2, 0) is 22.6 Å².